The maximum atomic E-state index is 8.97. The number of nitriles is 1. The van der Waals surface area contributed by atoms with E-state index in [-0.39, 0.29) is 0 Å². The van der Waals surface area contributed by atoms with Crippen molar-refractivity contribution in [1.29, 1.82) is 5.26 Å². The number of fused-ring (bicyclic) bond motifs is 1. The summed E-state index contributed by atoms with van der Waals surface area (Å²) in [5.74, 6) is 0. The SMILES string of the molecule is N#CC1=CC=C2C(Sc3ccccc3CCN)=CN=C2C1. The highest BCUT2D eigenvalue weighted by molar-refractivity contribution is 8.03. The standard InChI is InChI=1S/C17H15N3S/c18-8-7-13-3-1-2-4-16(13)21-17-11-20-15-9-12(10-19)5-6-14(15)17/h1-6,11H,7-9,18H2. The summed E-state index contributed by atoms with van der Waals surface area (Å²) >= 11 is 1.72. The van der Waals surface area contributed by atoms with Crippen LogP contribution < -0.4 is 5.73 Å². The summed E-state index contributed by atoms with van der Waals surface area (Å²) < 4.78 is 0. The zero-order chi connectivity index (χ0) is 14.7. The average molecular weight is 293 g/mol. The number of hydrogen-bond donors (Lipinski definition) is 1. The molecule has 1 aliphatic carbocycles. The van der Waals surface area contributed by atoms with E-state index in [9.17, 15) is 0 Å². The highest BCUT2D eigenvalue weighted by atomic mass is 32.2. The van der Waals surface area contributed by atoms with E-state index in [1.807, 2.05) is 30.5 Å². The molecule has 0 spiro atoms. The Morgan fingerprint density at radius 3 is 2.95 bits per heavy atom. The van der Waals surface area contributed by atoms with Crippen molar-refractivity contribution in [2.45, 2.75) is 17.7 Å². The van der Waals surface area contributed by atoms with Gasteiger partial charge in [0.15, 0.2) is 0 Å². The van der Waals surface area contributed by atoms with Crippen molar-refractivity contribution in [1.82, 2.24) is 0 Å². The van der Waals surface area contributed by atoms with Crippen LogP contribution in [0.1, 0.15) is 12.0 Å². The van der Waals surface area contributed by atoms with Crippen molar-refractivity contribution in [3.05, 3.63) is 64.2 Å². The molecule has 2 aliphatic rings. The summed E-state index contributed by atoms with van der Waals surface area (Å²) in [6, 6.07) is 10.5. The normalized spacial score (nSPS) is 16.4. The topological polar surface area (TPSA) is 62.2 Å². The van der Waals surface area contributed by atoms with Gasteiger partial charge in [-0.05, 0) is 30.7 Å². The highest BCUT2D eigenvalue weighted by Crippen LogP contribution is 2.39. The molecule has 0 fully saturated rings. The van der Waals surface area contributed by atoms with Gasteiger partial charge in [0.05, 0.1) is 11.8 Å². The molecule has 3 rings (SSSR count). The maximum Gasteiger partial charge on any atom is 0.0951 e. The van der Waals surface area contributed by atoms with E-state index in [1.165, 1.54) is 10.5 Å². The van der Waals surface area contributed by atoms with Crippen LogP contribution in [0.2, 0.25) is 0 Å². The van der Waals surface area contributed by atoms with Gasteiger partial charge in [-0.15, -0.1) is 0 Å². The smallest absolute Gasteiger partial charge is 0.0951 e. The van der Waals surface area contributed by atoms with Gasteiger partial charge in [0.25, 0.3) is 0 Å². The highest BCUT2D eigenvalue weighted by Gasteiger charge is 2.22. The van der Waals surface area contributed by atoms with Gasteiger partial charge in [0.1, 0.15) is 0 Å². The molecule has 21 heavy (non-hydrogen) atoms. The predicted molar refractivity (Wildman–Crippen MR) is 87.0 cm³/mol. The second-order valence-electron chi connectivity index (χ2n) is 4.88. The van der Waals surface area contributed by atoms with E-state index in [4.69, 9.17) is 11.0 Å². The number of nitrogens with two attached hydrogens (primary N) is 1. The van der Waals surface area contributed by atoms with Gasteiger partial charge < -0.3 is 5.73 Å². The maximum absolute atomic E-state index is 8.97. The molecular weight excluding hydrogens is 278 g/mol. The fourth-order valence-corrected chi connectivity index (χ4v) is 3.49. The summed E-state index contributed by atoms with van der Waals surface area (Å²) in [6.45, 7) is 0.648. The van der Waals surface area contributed by atoms with Crippen molar-refractivity contribution in [2.24, 2.45) is 10.7 Å². The molecule has 0 saturated heterocycles. The van der Waals surface area contributed by atoms with Crippen LogP contribution in [0.5, 0.6) is 0 Å². The number of benzene rings is 1. The molecule has 1 aromatic carbocycles. The summed E-state index contributed by atoms with van der Waals surface area (Å²) in [5.41, 5.74) is 9.84. The van der Waals surface area contributed by atoms with Gasteiger partial charge in [-0.3, -0.25) is 4.99 Å². The molecule has 0 bridgehead atoms. The van der Waals surface area contributed by atoms with E-state index < -0.39 is 0 Å². The number of hydrogen-bond acceptors (Lipinski definition) is 4. The molecule has 4 heteroatoms. The summed E-state index contributed by atoms with van der Waals surface area (Å²) in [6.07, 6.45) is 7.30. The fraction of sp³-hybridized carbons (Fsp3) is 0.176. The first-order valence-corrected chi connectivity index (χ1v) is 7.68. The monoisotopic (exact) mass is 293 g/mol. The number of nitrogens with zero attached hydrogens (tertiary/aromatic N) is 2. The van der Waals surface area contributed by atoms with Gasteiger partial charge >= 0.3 is 0 Å². The van der Waals surface area contributed by atoms with Crippen molar-refractivity contribution in [3.8, 4) is 6.07 Å². The molecule has 104 valence electrons. The van der Waals surface area contributed by atoms with Gasteiger partial charge in [-0.1, -0.05) is 36.0 Å². The van der Waals surface area contributed by atoms with Crippen LogP contribution in [0.25, 0.3) is 0 Å². The minimum Gasteiger partial charge on any atom is -0.330 e. The molecule has 0 radical (unpaired) electrons. The lowest BCUT2D eigenvalue weighted by atomic mass is 9.98. The molecule has 0 saturated carbocycles. The zero-order valence-corrected chi connectivity index (χ0v) is 12.4. The van der Waals surface area contributed by atoms with Crippen LogP contribution in [-0.2, 0) is 6.42 Å². The second kappa shape index (κ2) is 6.13. The third-order valence-electron chi connectivity index (χ3n) is 3.47. The first-order valence-electron chi connectivity index (χ1n) is 6.86. The summed E-state index contributed by atoms with van der Waals surface area (Å²) in [4.78, 5) is 6.82. The van der Waals surface area contributed by atoms with Crippen molar-refractivity contribution in [2.75, 3.05) is 6.54 Å². The van der Waals surface area contributed by atoms with Crippen LogP contribution >= 0.6 is 11.8 Å². The Balaban J connectivity index is 1.83. The van der Waals surface area contributed by atoms with Gasteiger partial charge in [0, 0.05) is 33.6 Å². The van der Waals surface area contributed by atoms with E-state index in [0.717, 1.165) is 28.2 Å². The number of rotatable bonds is 4. The Bertz CT molecular complexity index is 733. The lowest BCUT2D eigenvalue weighted by Crippen LogP contribution is -2.06. The van der Waals surface area contributed by atoms with Gasteiger partial charge in [0.2, 0.25) is 0 Å². The minimum atomic E-state index is 0.632. The first-order chi connectivity index (χ1) is 10.3. The van der Waals surface area contributed by atoms with Crippen molar-refractivity contribution in [3.63, 3.8) is 0 Å². The van der Waals surface area contributed by atoms with Gasteiger partial charge in [-0.25, -0.2) is 0 Å². The van der Waals surface area contributed by atoms with Crippen molar-refractivity contribution < 1.29 is 0 Å². The molecule has 1 heterocycles. The van der Waals surface area contributed by atoms with E-state index >= 15 is 0 Å². The Kier molecular flexibility index (Phi) is 4.05. The van der Waals surface area contributed by atoms with E-state index in [1.54, 1.807) is 11.8 Å². The minimum absolute atomic E-state index is 0.632. The molecule has 2 N–H and O–H groups in total. The third kappa shape index (κ3) is 2.85. The molecule has 1 aliphatic heterocycles. The van der Waals surface area contributed by atoms with Crippen LogP contribution in [0.4, 0.5) is 0 Å². The molecule has 1 aromatic rings. The summed E-state index contributed by atoms with van der Waals surface area (Å²) in [7, 11) is 0. The van der Waals surface area contributed by atoms with Gasteiger partial charge in [-0.2, -0.15) is 5.26 Å². The third-order valence-corrected chi connectivity index (χ3v) is 4.64. The lowest BCUT2D eigenvalue weighted by Gasteiger charge is -2.13. The molecule has 0 amide bonds. The van der Waals surface area contributed by atoms with E-state index in [0.29, 0.717) is 13.0 Å². The zero-order valence-electron chi connectivity index (χ0n) is 11.5. The Labute approximate surface area is 128 Å². The lowest BCUT2D eigenvalue weighted by molar-refractivity contribution is 0.945. The van der Waals surface area contributed by atoms with Crippen LogP contribution in [0.15, 0.2) is 68.6 Å². The molecule has 0 aromatic heterocycles. The predicted octanol–water partition coefficient (Wildman–Crippen LogP) is 3.36. The molecule has 3 nitrogen and oxygen atoms in total. The summed E-state index contributed by atoms with van der Waals surface area (Å²) in [5, 5.41) is 8.97. The Morgan fingerprint density at radius 2 is 2.14 bits per heavy atom. The van der Waals surface area contributed by atoms with Crippen molar-refractivity contribution >= 4 is 17.5 Å². The first kappa shape index (κ1) is 13.9. The number of allylic oxidation sites excluding steroid dienone is 4. The fourth-order valence-electron chi connectivity index (χ4n) is 2.40. The number of thioether (sulfide) groups is 1. The average Bonchev–Trinajstić information content (AvgIpc) is 2.91. The van der Waals surface area contributed by atoms with Crippen LogP contribution in [0.3, 0.4) is 0 Å². The molecule has 0 unspecified atom stereocenters. The molecule has 0 atom stereocenters. The van der Waals surface area contributed by atoms with E-state index in [2.05, 4.69) is 23.2 Å². The van der Waals surface area contributed by atoms with Crippen LogP contribution in [-0.4, -0.2) is 12.3 Å². The quantitative estimate of drug-likeness (QED) is 0.926. The molecular formula is C17H15N3S. The second-order valence-corrected chi connectivity index (χ2v) is 5.96. The Morgan fingerprint density at radius 1 is 1.29 bits per heavy atom. The van der Waals surface area contributed by atoms with Crippen LogP contribution in [0, 0.1) is 11.3 Å². The largest absolute Gasteiger partial charge is 0.330 e. The Hall–Kier alpha value is -2.09. The number of aliphatic imine (C=N–C) groups is 1.